The Labute approximate surface area is 152 Å². The number of halogens is 1. The van der Waals surface area contributed by atoms with Crippen LogP contribution in [0.1, 0.15) is 11.1 Å². The molecule has 1 aliphatic heterocycles. The zero-order valence-electron chi connectivity index (χ0n) is 13.7. The summed E-state index contributed by atoms with van der Waals surface area (Å²) >= 11 is 6.46. The zero-order valence-corrected chi connectivity index (χ0v) is 14.4. The van der Waals surface area contributed by atoms with Crippen molar-refractivity contribution in [2.75, 3.05) is 13.2 Å². The van der Waals surface area contributed by atoms with Gasteiger partial charge in [0.25, 0.3) is 0 Å². The van der Waals surface area contributed by atoms with Crippen LogP contribution < -0.4 is 4.74 Å². The minimum absolute atomic E-state index is 0.228. The molecule has 5 rings (SSSR count). The summed E-state index contributed by atoms with van der Waals surface area (Å²) in [7, 11) is 0. The Bertz CT molecular complexity index is 960. The molecule has 124 valence electrons. The van der Waals surface area contributed by atoms with Crippen molar-refractivity contribution in [1.82, 2.24) is 0 Å². The third-order valence-electron chi connectivity index (χ3n) is 4.92. The van der Waals surface area contributed by atoms with Crippen molar-refractivity contribution >= 4 is 11.6 Å². The van der Waals surface area contributed by atoms with Gasteiger partial charge >= 0.3 is 0 Å². The van der Waals surface area contributed by atoms with E-state index in [2.05, 4.69) is 48.5 Å². The molecule has 0 amide bonds. The Kier molecular flexibility index (Phi) is 3.54. The third-order valence-corrected chi connectivity index (χ3v) is 5.22. The summed E-state index contributed by atoms with van der Waals surface area (Å²) in [5.41, 5.74) is 7.81. The van der Waals surface area contributed by atoms with Gasteiger partial charge in [-0.1, -0.05) is 60.1 Å². The third kappa shape index (κ3) is 2.72. The Balaban J connectivity index is 1.51. The fourth-order valence-electron chi connectivity index (χ4n) is 3.56. The van der Waals surface area contributed by atoms with Crippen LogP contribution in [0.4, 0.5) is 0 Å². The summed E-state index contributed by atoms with van der Waals surface area (Å²) in [6.45, 7) is 1.35. The molecule has 3 heteroatoms. The Morgan fingerprint density at radius 3 is 2.60 bits per heavy atom. The van der Waals surface area contributed by atoms with Crippen molar-refractivity contribution in [1.29, 1.82) is 0 Å². The first-order valence-corrected chi connectivity index (χ1v) is 8.92. The lowest BCUT2D eigenvalue weighted by atomic mass is 9.96. The number of fused-ring (bicyclic) bond motifs is 3. The smallest absolute Gasteiger partial charge is 0.138 e. The largest absolute Gasteiger partial charge is 0.489 e. The predicted octanol–water partition coefficient (Wildman–Crippen LogP) is 5.36. The van der Waals surface area contributed by atoms with Crippen molar-refractivity contribution in [3.05, 3.63) is 76.8 Å². The van der Waals surface area contributed by atoms with Gasteiger partial charge in [0.15, 0.2) is 0 Å². The molecule has 0 N–H and O–H groups in total. The highest BCUT2D eigenvalue weighted by molar-refractivity contribution is 6.32. The number of benzene rings is 3. The molecule has 1 aliphatic carbocycles. The van der Waals surface area contributed by atoms with Gasteiger partial charge in [0.2, 0.25) is 0 Å². The van der Waals surface area contributed by atoms with E-state index < -0.39 is 0 Å². The molecule has 1 heterocycles. The summed E-state index contributed by atoms with van der Waals surface area (Å²) in [5, 5.41) is 0.645. The van der Waals surface area contributed by atoms with E-state index in [-0.39, 0.29) is 6.10 Å². The van der Waals surface area contributed by atoms with Crippen molar-refractivity contribution in [3.8, 4) is 28.0 Å². The first-order chi connectivity index (χ1) is 12.3. The van der Waals surface area contributed by atoms with Gasteiger partial charge in [-0.25, -0.2) is 0 Å². The zero-order chi connectivity index (χ0) is 16.8. The number of hydrogen-bond acceptors (Lipinski definition) is 2. The molecule has 2 nitrogen and oxygen atoms in total. The van der Waals surface area contributed by atoms with Crippen LogP contribution in [0.2, 0.25) is 5.02 Å². The molecule has 0 radical (unpaired) electrons. The summed E-state index contributed by atoms with van der Waals surface area (Å²) in [4.78, 5) is 0. The van der Waals surface area contributed by atoms with Crippen LogP contribution in [0.15, 0.2) is 60.7 Å². The fourth-order valence-corrected chi connectivity index (χ4v) is 3.80. The maximum Gasteiger partial charge on any atom is 0.138 e. The van der Waals surface area contributed by atoms with Gasteiger partial charge in [-0.15, -0.1) is 0 Å². The van der Waals surface area contributed by atoms with Crippen LogP contribution in [0, 0.1) is 0 Å². The van der Waals surface area contributed by atoms with E-state index in [1.807, 2.05) is 12.1 Å². The SMILES string of the molecule is Clc1cc(-c2cccc3c2Cc2ccccc2-3)ccc1OCC1CO1. The molecule has 25 heavy (non-hydrogen) atoms. The number of rotatable bonds is 4. The standard InChI is InChI=1S/C22H17ClO2/c23-21-11-15(8-9-22(21)25-13-16-12-24-16)18-6-3-7-19-17-5-2-1-4-14(17)10-20(18)19/h1-9,11,16H,10,12-13H2. The van der Waals surface area contributed by atoms with Crippen LogP contribution in [0.25, 0.3) is 22.3 Å². The van der Waals surface area contributed by atoms with Crippen molar-refractivity contribution in [2.45, 2.75) is 12.5 Å². The number of epoxide rings is 1. The summed E-state index contributed by atoms with van der Waals surface area (Å²) in [6.07, 6.45) is 1.20. The topological polar surface area (TPSA) is 21.8 Å². The highest BCUT2D eigenvalue weighted by atomic mass is 35.5. The lowest BCUT2D eigenvalue weighted by molar-refractivity contribution is 0.263. The van der Waals surface area contributed by atoms with E-state index in [1.54, 1.807) is 0 Å². The molecule has 1 atom stereocenters. The molecule has 3 aromatic carbocycles. The van der Waals surface area contributed by atoms with Gasteiger partial charge < -0.3 is 9.47 Å². The Morgan fingerprint density at radius 2 is 1.76 bits per heavy atom. The van der Waals surface area contributed by atoms with Gasteiger partial charge in [0.05, 0.1) is 11.6 Å². The van der Waals surface area contributed by atoms with Crippen LogP contribution in [-0.2, 0) is 11.2 Å². The van der Waals surface area contributed by atoms with E-state index in [0.29, 0.717) is 11.6 Å². The molecule has 1 unspecified atom stereocenters. The van der Waals surface area contributed by atoms with E-state index in [1.165, 1.54) is 27.8 Å². The van der Waals surface area contributed by atoms with Crippen LogP contribution in [-0.4, -0.2) is 19.3 Å². The lowest BCUT2D eigenvalue weighted by Gasteiger charge is -2.12. The molecule has 0 aromatic heterocycles. The first kappa shape index (κ1) is 15.0. The fraction of sp³-hybridized carbons (Fsp3) is 0.182. The normalized spacial score (nSPS) is 17.1. The summed E-state index contributed by atoms with van der Waals surface area (Å²) in [6, 6.07) is 21.2. The maximum absolute atomic E-state index is 6.46. The maximum atomic E-state index is 6.46. The van der Waals surface area contributed by atoms with Crippen LogP contribution in [0.5, 0.6) is 5.75 Å². The van der Waals surface area contributed by atoms with Crippen molar-refractivity contribution in [2.24, 2.45) is 0 Å². The minimum Gasteiger partial charge on any atom is -0.489 e. The highest BCUT2D eigenvalue weighted by Gasteiger charge is 2.24. The van der Waals surface area contributed by atoms with Gasteiger partial charge in [-0.2, -0.15) is 0 Å². The second kappa shape index (κ2) is 5.91. The van der Waals surface area contributed by atoms with Gasteiger partial charge in [-0.05, 0) is 51.9 Å². The second-order valence-corrected chi connectivity index (χ2v) is 6.98. The van der Waals surface area contributed by atoms with Crippen molar-refractivity contribution < 1.29 is 9.47 Å². The van der Waals surface area contributed by atoms with E-state index in [9.17, 15) is 0 Å². The van der Waals surface area contributed by atoms with Gasteiger partial charge in [0.1, 0.15) is 18.5 Å². The Hall–Kier alpha value is -2.29. The average molecular weight is 349 g/mol. The summed E-state index contributed by atoms with van der Waals surface area (Å²) < 4.78 is 10.9. The molecule has 3 aromatic rings. The first-order valence-electron chi connectivity index (χ1n) is 8.54. The Morgan fingerprint density at radius 1 is 0.960 bits per heavy atom. The number of hydrogen-bond donors (Lipinski definition) is 0. The molecule has 2 aliphatic rings. The average Bonchev–Trinajstić information content (AvgIpc) is 3.39. The van der Waals surface area contributed by atoms with E-state index >= 15 is 0 Å². The van der Waals surface area contributed by atoms with Gasteiger partial charge in [0, 0.05) is 0 Å². The minimum atomic E-state index is 0.228. The highest BCUT2D eigenvalue weighted by Crippen LogP contribution is 2.42. The molecule has 0 bridgehead atoms. The molecule has 1 fully saturated rings. The number of ether oxygens (including phenoxy) is 2. The quantitative estimate of drug-likeness (QED) is 0.463. The molecule has 1 saturated heterocycles. The summed E-state index contributed by atoms with van der Waals surface area (Å²) in [5.74, 6) is 0.719. The van der Waals surface area contributed by atoms with Crippen LogP contribution in [0.3, 0.4) is 0 Å². The lowest BCUT2D eigenvalue weighted by Crippen LogP contribution is -2.04. The monoisotopic (exact) mass is 348 g/mol. The van der Waals surface area contributed by atoms with E-state index in [0.717, 1.165) is 24.3 Å². The van der Waals surface area contributed by atoms with Crippen LogP contribution >= 0.6 is 11.6 Å². The molecule has 0 spiro atoms. The van der Waals surface area contributed by atoms with Gasteiger partial charge in [-0.3, -0.25) is 0 Å². The van der Waals surface area contributed by atoms with E-state index in [4.69, 9.17) is 21.1 Å². The molecular formula is C22H17ClO2. The second-order valence-electron chi connectivity index (χ2n) is 6.58. The molecular weight excluding hydrogens is 332 g/mol. The predicted molar refractivity (Wildman–Crippen MR) is 100 cm³/mol. The van der Waals surface area contributed by atoms with Crippen molar-refractivity contribution in [3.63, 3.8) is 0 Å². The molecule has 0 saturated carbocycles.